The van der Waals surface area contributed by atoms with Gasteiger partial charge in [0.1, 0.15) is 0 Å². The standard InChI is InChI=1S/C17H27N5O/c1-2-23-15-10-17(11-15)8-9-21(13-17)16-18-19-20-22(16)12-14-6-4-3-5-7-14/h6,15H,2-5,7-13H2,1H3. The molecule has 3 aliphatic rings. The van der Waals surface area contributed by atoms with E-state index in [1.54, 1.807) is 0 Å². The molecule has 1 aliphatic heterocycles. The van der Waals surface area contributed by atoms with Crippen molar-refractivity contribution in [3.05, 3.63) is 11.6 Å². The number of allylic oxidation sites excluding steroid dienone is 2. The van der Waals surface area contributed by atoms with Crippen molar-refractivity contribution in [1.29, 1.82) is 0 Å². The highest BCUT2D eigenvalue weighted by Crippen LogP contribution is 2.50. The van der Waals surface area contributed by atoms with Gasteiger partial charge in [0, 0.05) is 19.7 Å². The Morgan fingerprint density at radius 2 is 2.26 bits per heavy atom. The SMILES string of the molecule is CCOC1CC2(CCN(c3nnnn3CC3=CCCCC3)C2)C1. The molecule has 23 heavy (non-hydrogen) atoms. The molecule has 1 aromatic rings. The van der Waals surface area contributed by atoms with E-state index in [1.807, 2.05) is 4.68 Å². The lowest BCUT2D eigenvalue weighted by Crippen LogP contribution is -2.44. The molecule has 0 amide bonds. The van der Waals surface area contributed by atoms with Crippen molar-refractivity contribution in [2.75, 3.05) is 24.6 Å². The molecule has 126 valence electrons. The number of nitrogens with zero attached hydrogens (tertiary/aromatic N) is 5. The Morgan fingerprint density at radius 1 is 1.35 bits per heavy atom. The Bertz CT molecular complexity index is 575. The average molecular weight is 317 g/mol. The van der Waals surface area contributed by atoms with E-state index in [-0.39, 0.29) is 0 Å². The predicted molar refractivity (Wildman–Crippen MR) is 88.3 cm³/mol. The number of hydrogen-bond donors (Lipinski definition) is 0. The van der Waals surface area contributed by atoms with Crippen LogP contribution in [0.5, 0.6) is 0 Å². The zero-order valence-electron chi connectivity index (χ0n) is 14.1. The monoisotopic (exact) mass is 317 g/mol. The molecule has 1 aromatic heterocycles. The highest BCUT2D eigenvalue weighted by molar-refractivity contribution is 5.33. The van der Waals surface area contributed by atoms with Crippen LogP contribution in [0.2, 0.25) is 0 Å². The molecular weight excluding hydrogens is 290 g/mol. The zero-order chi connectivity index (χ0) is 15.7. The van der Waals surface area contributed by atoms with Crippen LogP contribution in [0.25, 0.3) is 0 Å². The summed E-state index contributed by atoms with van der Waals surface area (Å²) in [5.74, 6) is 0.952. The summed E-state index contributed by atoms with van der Waals surface area (Å²) in [7, 11) is 0. The lowest BCUT2D eigenvalue weighted by Gasteiger charge is -2.44. The van der Waals surface area contributed by atoms with Gasteiger partial charge in [0.2, 0.25) is 5.95 Å². The molecule has 2 aliphatic carbocycles. The first-order valence-corrected chi connectivity index (χ1v) is 9.09. The van der Waals surface area contributed by atoms with Crippen LogP contribution in [0.4, 0.5) is 5.95 Å². The molecule has 4 rings (SSSR count). The Kier molecular flexibility index (Phi) is 4.09. The Hall–Kier alpha value is -1.43. The summed E-state index contributed by atoms with van der Waals surface area (Å²) in [6.45, 7) is 5.92. The van der Waals surface area contributed by atoms with Crippen LogP contribution in [0, 0.1) is 5.41 Å². The molecule has 0 unspecified atom stereocenters. The van der Waals surface area contributed by atoms with Gasteiger partial charge in [-0.2, -0.15) is 0 Å². The fourth-order valence-corrected chi connectivity index (χ4v) is 4.47. The van der Waals surface area contributed by atoms with Gasteiger partial charge in [0.15, 0.2) is 0 Å². The molecule has 0 atom stereocenters. The molecule has 6 heteroatoms. The second-order valence-electron chi connectivity index (χ2n) is 7.40. The molecule has 1 saturated heterocycles. The van der Waals surface area contributed by atoms with Crippen LogP contribution in [0.1, 0.15) is 51.9 Å². The van der Waals surface area contributed by atoms with Crippen molar-refractivity contribution >= 4 is 5.95 Å². The summed E-state index contributed by atoms with van der Waals surface area (Å²) < 4.78 is 7.74. The van der Waals surface area contributed by atoms with Crippen LogP contribution in [-0.2, 0) is 11.3 Å². The summed E-state index contributed by atoms with van der Waals surface area (Å²) in [5.41, 5.74) is 1.93. The van der Waals surface area contributed by atoms with Gasteiger partial charge in [-0.3, -0.25) is 0 Å². The van der Waals surface area contributed by atoms with Crippen LogP contribution < -0.4 is 4.90 Å². The average Bonchev–Trinajstić information content (AvgIpc) is 3.15. The van der Waals surface area contributed by atoms with E-state index in [1.165, 1.54) is 50.5 Å². The van der Waals surface area contributed by atoms with Gasteiger partial charge in [-0.1, -0.05) is 16.7 Å². The predicted octanol–water partition coefficient (Wildman–Crippen LogP) is 2.57. The number of hydrogen-bond acceptors (Lipinski definition) is 5. The minimum Gasteiger partial charge on any atom is -0.378 e. The summed E-state index contributed by atoms with van der Waals surface area (Å²) in [6, 6.07) is 0. The van der Waals surface area contributed by atoms with E-state index in [2.05, 4.69) is 33.4 Å². The van der Waals surface area contributed by atoms with E-state index in [0.717, 1.165) is 32.2 Å². The van der Waals surface area contributed by atoms with Gasteiger partial charge in [-0.25, -0.2) is 4.68 Å². The molecular formula is C17H27N5O. The molecule has 1 saturated carbocycles. The largest absolute Gasteiger partial charge is 0.378 e. The zero-order valence-corrected chi connectivity index (χ0v) is 14.1. The lowest BCUT2D eigenvalue weighted by atomic mass is 9.66. The first-order valence-electron chi connectivity index (χ1n) is 9.09. The Morgan fingerprint density at radius 3 is 3.04 bits per heavy atom. The number of anilines is 1. The fraction of sp³-hybridized carbons (Fsp3) is 0.824. The van der Waals surface area contributed by atoms with Crippen LogP contribution >= 0.6 is 0 Å². The van der Waals surface area contributed by atoms with Crippen molar-refractivity contribution in [2.45, 2.75) is 64.5 Å². The summed E-state index contributed by atoms with van der Waals surface area (Å²) in [6.07, 6.45) is 11.5. The Balaban J connectivity index is 1.40. The first kappa shape index (κ1) is 15.1. The third-order valence-corrected chi connectivity index (χ3v) is 5.70. The van der Waals surface area contributed by atoms with E-state index < -0.39 is 0 Å². The highest BCUT2D eigenvalue weighted by Gasteiger charge is 2.49. The van der Waals surface area contributed by atoms with Crippen molar-refractivity contribution in [2.24, 2.45) is 5.41 Å². The number of ether oxygens (including phenoxy) is 1. The van der Waals surface area contributed by atoms with E-state index in [0.29, 0.717) is 11.5 Å². The van der Waals surface area contributed by atoms with Crippen molar-refractivity contribution in [1.82, 2.24) is 20.2 Å². The third kappa shape index (κ3) is 3.01. The maximum absolute atomic E-state index is 5.74. The van der Waals surface area contributed by atoms with Gasteiger partial charge in [-0.15, -0.1) is 0 Å². The van der Waals surface area contributed by atoms with E-state index in [4.69, 9.17) is 4.74 Å². The van der Waals surface area contributed by atoms with Crippen LogP contribution in [0.3, 0.4) is 0 Å². The molecule has 0 aromatic carbocycles. The van der Waals surface area contributed by atoms with Crippen molar-refractivity contribution in [3.63, 3.8) is 0 Å². The summed E-state index contributed by atoms with van der Waals surface area (Å²) >= 11 is 0. The molecule has 1 spiro atoms. The Labute approximate surface area is 137 Å². The minimum absolute atomic E-state index is 0.445. The first-order chi connectivity index (χ1) is 11.3. The van der Waals surface area contributed by atoms with Gasteiger partial charge < -0.3 is 9.64 Å². The van der Waals surface area contributed by atoms with Crippen LogP contribution in [-0.4, -0.2) is 46.0 Å². The lowest BCUT2D eigenvalue weighted by molar-refractivity contribution is -0.0670. The van der Waals surface area contributed by atoms with Crippen molar-refractivity contribution < 1.29 is 4.74 Å². The second kappa shape index (κ2) is 6.23. The maximum Gasteiger partial charge on any atom is 0.245 e. The quantitative estimate of drug-likeness (QED) is 0.781. The topological polar surface area (TPSA) is 56.1 Å². The molecule has 0 bridgehead atoms. The van der Waals surface area contributed by atoms with Gasteiger partial charge in [-0.05, 0) is 67.7 Å². The third-order valence-electron chi connectivity index (χ3n) is 5.70. The molecule has 6 nitrogen and oxygen atoms in total. The molecule has 0 radical (unpaired) electrons. The normalized spacial score (nSPS) is 30.6. The molecule has 2 fully saturated rings. The number of tetrazole rings is 1. The number of aromatic nitrogens is 4. The van der Waals surface area contributed by atoms with Gasteiger partial charge in [0.25, 0.3) is 0 Å². The summed E-state index contributed by atoms with van der Waals surface area (Å²) in [5, 5.41) is 12.5. The smallest absolute Gasteiger partial charge is 0.245 e. The fourth-order valence-electron chi connectivity index (χ4n) is 4.47. The molecule has 2 heterocycles. The van der Waals surface area contributed by atoms with Crippen LogP contribution in [0.15, 0.2) is 11.6 Å². The van der Waals surface area contributed by atoms with E-state index in [9.17, 15) is 0 Å². The molecule has 0 N–H and O–H groups in total. The highest BCUT2D eigenvalue weighted by atomic mass is 16.5. The van der Waals surface area contributed by atoms with Gasteiger partial charge in [0.05, 0.1) is 12.6 Å². The maximum atomic E-state index is 5.74. The van der Waals surface area contributed by atoms with E-state index >= 15 is 0 Å². The number of rotatable bonds is 5. The minimum atomic E-state index is 0.445. The summed E-state index contributed by atoms with van der Waals surface area (Å²) in [4.78, 5) is 2.38. The second-order valence-corrected chi connectivity index (χ2v) is 7.40. The van der Waals surface area contributed by atoms with Crippen molar-refractivity contribution in [3.8, 4) is 0 Å². The van der Waals surface area contributed by atoms with Gasteiger partial charge >= 0.3 is 0 Å².